The molecule has 0 saturated heterocycles. The molecule has 3 rings (SSSR count). The molecule has 1 aliphatic carbocycles. The molecule has 20 heavy (non-hydrogen) atoms. The summed E-state index contributed by atoms with van der Waals surface area (Å²) in [4.78, 5) is 0. The summed E-state index contributed by atoms with van der Waals surface area (Å²) in [5, 5.41) is 12.9. The van der Waals surface area contributed by atoms with Gasteiger partial charge in [-0.05, 0) is 50.0 Å². The standard InChI is InChI=1S/C17H25NO2/c1-13-4-2-5-14-15(6-3-11-20-16(13)14)18-12-17(7-8-17)9-10-19/h2,4-5,15,18-19H,3,6-12H2,1H3. The maximum Gasteiger partial charge on any atom is 0.126 e. The van der Waals surface area contributed by atoms with Gasteiger partial charge in [0.15, 0.2) is 0 Å². The van der Waals surface area contributed by atoms with Gasteiger partial charge in [0.2, 0.25) is 0 Å². The molecule has 1 heterocycles. The molecule has 1 saturated carbocycles. The van der Waals surface area contributed by atoms with Crippen molar-refractivity contribution in [3.8, 4) is 5.75 Å². The molecule has 0 radical (unpaired) electrons. The number of aliphatic hydroxyl groups is 1. The third-order valence-corrected chi connectivity index (χ3v) is 4.82. The van der Waals surface area contributed by atoms with Crippen molar-refractivity contribution in [3.05, 3.63) is 29.3 Å². The highest BCUT2D eigenvalue weighted by molar-refractivity contribution is 5.43. The minimum Gasteiger partial charge on any atom is -0.493 e. The molecule has 1 aromatic carbocycles. The number of hydrogen-bond acceptors (Lipinski definition) is 3. The highest BCUT2D eigenvalue weighted by Crippen LogP contribution is 2.48. The zero-order valence-electron chi connectivity index (χ0n) is 12.3. The predicted octanol–water partition coefficient (Wildman–Crippen LogP) is 2.96. The largest absolute Gasteiger partial charge is 0.493 e. The third kappa shape index (κ3) is 2.84. The first-order chi connectivity index (χ1) is 9.74. The Labute approximate surface area is 121 Å². The Bertz CT molecular complexity index is 468. The molecule has 1 atom stereocenters. The van der Waals surface area contributed by atoms with Crippen LogP contribution in [0.25, 0.3) is 0 Å². The van der Waals surface area contributed by atoms with E-state index < -0.39 is 0 Å². The molecule has 1 aliphatic heterocycles. The van der Waals surface area contributed by atoms with E-state index in [1.165, 1.54) is 24.0 Å². The second-order valence-electron chi connectivity index (χ2n) is 6.39. The third-order valence-electron chi connectivity index (χ3n) is 4.82. The first-order valence-corrected chi connectivity index (χ1v) is 7.81. The minimum atomic E-state index is 0.311. The molecule has 110 valence electrons. The molecular formula is C17H25NO2. The van der Waals surface area contributed by atoms with Gasteiger partial charge in [-0.15, -0.1) is 0 Å². The summed E-state index contributed by atoms with van der Waals surface area (Å²) >= 11 is 0. The van der Waals surface area contributed by atoms with Crippen LogP contribution in [0.2, 0.25) is 0 Å². The van der Waals surface area contributed by atoms with Crippen molar-refractivity contribution < 1.29 is 9.84 Å². The van der Waals surface area contributed by atoms with Crippen LogP contribution in [0.4, 0.5) is 0 Å². The average Bonchev–Trinajstić information content (AvgIpc) is 3.22. The van der Waals surface area contributed by atoms with Crippen LogP contribution >= 0.6 is 0 Å². The molecule has 0 bridgehead atoms. The molecule has 1 aromatic rings. The van der Waals surface area contributed by atoms with Crippen LogP contribution < -0.4 is 10.1 Å². The summed E-state index contributed by atoms with van der Waals surface area (Å²) in [6, 6.07) is 6.83. The second kappa shape index (κ2) is 5.74. The van der Waals surface area contributed by atoms with Crippen LogP contribution in [0.1, 0.15) is 49.3 Å². The number of para-hydroxylation sites is 1. The van der Waals surface area contributed by atoms with Crippen molar-refractivity contribution in [1.82, 2.24) is 5.32 Å². The molecule has 1 unspecified atom stereocenters. The fraction of sp³-hybridized carbons (Fsp3) is 0.647. The fourth-order valence-corrected chi connectivity index (χ4v) is 3.24. The molecule has 3 heteroatoms. The van der Waals surface area contributed by atoms with Crippen LogP contribution in [-0.2, 0) is 0 Å². The van der Waals surface area contributed by atoms with Gasteiger partial charge in [-0.25, -0.2) is 0 Å². The average molecular weight is 275 g/mol. The first-order valence-electron chi connectivity index (χ1n) is 7.81. The smallest absolute Gasteiger partial charge is 0.126 e. The summed E-state index contributed by atoms with van der Waals surface area (Å²) in [6.07, 6.45) is 5.67. The summed E-state index contributed by atoms with van der Waals surface area (Å²) in [5.41, 5.74) is 2.90. The van der Waals surface area contributed by atoms with Crippen molar-refractivity contribution in [1.29, 1.82) is 0 Å². The Hall–Kier alpha value is -1.06. The lowest BCUT2D eigenvalue weighted by molar-refractivity contribution is 0.241. The second-order valence-corrected chi connectivity index (χ2v) is 6.39. The molecule has 0 spiro atoms. The zero-order chi connectivity index (χ0) is 14.0. The van der Waals surface area contributed by atoms with Crippen molar-refractivity contribution in [2.45, 2.75) is 45.1 Å². The normalized spacial score (nSPS) is 23.6. The summed E-state index contributed by atoms with van der Waals surface area (Å²) < 4.78 is 5.92. The van der Waals surface area contributed by atoms with Crippen molar-refractivity contribution in [2.24, 2.45) is 5.41 Å². The molecule has 0 amide bonds. The van der Waals surface area contributed by atoms with E-state index >= 15 is 0 Å². The van der Waals surface area contributed by atoms with Crippen molar-refractivity contribution >= 4 is 0 Å². The van der Waals surface area contributed by atoms with E-state index in [0.717, 1.165) is 38.2 Å². The van der Waals surface area contributed by atoms with Gasteiger partial charge in [-0.1, -0.05) is 18.2 Å². The maximum atomic E-state index is 9.17. The monoisotopic (exact) mass is 275 g/mol. The maximum absolute atomic E-state index is 9.17. The molecule has 1 fully saturated rings. The molecule has 2 N–H and O–H groups in total. The van der Waals surface area contributed by atoms with Gasteiger partial charge in [-0.2, -0.15) is 0 Å². The fourth-order valence-electron chi connectivity index (χ4n) is 3.24. The molecule has 2 aliphatic rings. The Morgan fingerprint density at radius 1 is 1.40 bits per heavy atom. The Morgan fingerprint density at radius 2 is 2.25 bits per heavy atom. The van der Waals surface area contributed by atoms with Gasteiger partial charge in [-0.3, -0.25) is 0 Å². The first kappa shape index (κ1) is 13.9. The van der Waals surface area contributed by atoms with E-state index in [0.29, 0.717) is 18.1 Å². The number of benzene rings is 1. The lowest BCUT2D eigenvalue weighted by Gasteiger charge is -2.23. The highest BCUT2D eigenvalue weighted by atomic mass is 16.5. The van der Waals surface area contributed by atoms with Crippen LogP contribution in [0.5, 0.6) is 5.75 Å². The van der Waals surface area contributed by atoms with E-state index in [2.05, 4.69) is 30.4 Å². The van der Waals surface area contributed by atoms with Gasteiger partial charge in [0.1, 0.15) is 5.75 Å². The summed E-state index contributed by atoms with van der Waals surface area (Å²) in [5.74, 6) is 1.08. The highest BCUT2D eigenvalue weighted by Gasteiger charge is 2.42. The van der Waals surface area contributed by atoms with Crippen molar-refractivity contribution in [3.63, 3.8) is 0 Å². The van der Waals surface area contributed by atoms with Gasteiger partial charge in [0.25, 0.3) is 0 Å². The lowest BCUT2D eigenvalue weighted by atomic mass is 9.97. The molecule has 3 nitrogen and oxygen atoms in total. The molecular weight excluding hydrogens is 250 g/mol. The van der Waals surface area contributed by atoms with E-state index in [1.807, 2.05) is 0 Å². The predicted molar refractivity (Wildman–Crippen MR) is 80.0 cm³/mol. The van der Waals surface area contributed by atoms with E-state index in [4.69, 9.17) is 4.74 Å². The van der Waals surface area contributed by atoms with Gasteiger partial charge in [0.05, 0.1) is 6.61 Å². The van der Waals surface area contributed by atoms with E-state index in [9.17, 15) is 5.11 Å². The number of rotatable bonds is 5. The van der Waals surface area contributed by atoms with Gasteiger partial charge < -0.3 is 15.2 Å². The number of fused-ring (bicyclic) bond motifs is 1. The SMILES string of the molecule is Cc1cccc2c1OCCCC2NCC1(CCO)CC1. The quantitative estimate of drug-likeness (QED) is 0.868. The Balaban J connectivity index is 1.72. The number of aliphatic hydroxyl groups excluding tert-OH is 1. The zero-order valence-corrected chi connectivity index (χ0v) is 12.3. The molecule has 0 aromatic heterocycles. The van der Waals surface area contributed by atoms with Crippen LogP contribution in [0.3, 0.4) is 0 Å². The lowest BCUT2D eigenvalue weighted by Crippen LogP contribution is -2.29. The number of aryl methyl sites for hydroxylation is 1. The van der Waals surface area contributed by atoms with E-state index in [1.54, 1.807) is 0 Å². The van der Waals surface area contributed by atoms with Crippen LogP contribution in [-0.4, -0.2) is 24.9 Å². The summed E-state index contributed by atoms with van der Waals surface area (Å²) in [7, 11) is 0. The number of ether oxygens (including phenoxy) is 1. The van der Waals surface area contributed by atoms with E-state index in [-0.39, 0.29) is 0 Å². The van der Waals surface area contributed by atoms with Crippen LogP contribution in [0.15, 0.2) is 18.2 Å². The number of hydrogen-bond donors (Lipinski definition) is 2. The van der Waals surface area contributed by atoms with Crippen molar-refractivity contribution in [2.75, 3.05) is 19.8 Å². The topological polar surface area (TPSA) is 41.5 Å². The Kier molecular flexibility index (Phi) is 3.99. The minimum absolute atomic E-state index is 0.311. The summed E-state index contributed by atoms with van der Waals surface area (Å²) in [6.45, 7) is 4.27. The van der Waals surface area contributed by atoms with Crippen LogP contribution in [0, 0.1) is 12.3 Å². The Morgan fingerprint density at radius 3 is 3.00 bits per heavy atom. The van der Waals surface area contributed by atoms with Gasteiger partial charge in [0, 0.05) is 24.8 Å². The number of nitrogens with one attached hydrogen (secondary N) is 1. The van der Waals surface area contributed by atoms with Gasteiger partial charge >= 0.3 is 0 Å².